The molecule has 0 heterocycles. The van der Waals surface area contributed by atoms with Gasteiger partial charge in [-0.3, -0.25) is 4.79 Å². The van der Waals surface area contributed by atoms with Gasteiger partial charge in [0, 0.05) is 13.6 Å². The van der Waals surface area contributed by atoms with Gasteiger partial charge in [-0.15, -0.1) is 11.6 Å². The Bertz CT molecular complexity index is 160. The number of esters is 1. The van der Waals surface area contributed by atoms with Gasteiger partial charge in [0.25, 0.3) is 0 Å². The lowest BCUT2D eigenvalue weighted by atomic mass is 10.7. The van der Waals surface area contributed by atoms with Gasteiger partial charge in [-0.25, -0.2) is 4.79 Å². The Labute approximate surface area is 70.1 Å². The standard InChI is InChI=1S/C6H10ClNO3/c1-3-8(2)6(10)11-5(9)4-7/h3-4H2,1-2H3. The van der Waals surface area contributed by atoms with E-state index in [4.69, 9.17) is 11.6 Å². The molecule has 0 saturated carbocycles. The maximum Gasteiger partial charge on any atom is 0.417 e. The van der Waals surface area contributed by atoms with E-state index in [1.54, 1.807) is 6.92 Å². The van der Waals surface area contributed by atoms with Crippen molar-refractivity contribution >= 4 is 23.7 Å². The zero-order valence-corrected chi connectivity index (χ0v) is 7.22. The quantitative estimate of drug-likeness (QED) is 0.359. The lowest BCUT2D eigenvalue weighted by molar-refractivity contribution is -0.135. The molecule has 0 spiro atoms. The predicted molar refractivity (Wildman–Crippen MR) is 40.5 cm³/mol. The molecule has 11 heavy (non-hydrogen) atoms. The maximum absolute atomic E-state index is 10.8. The van der Waals surface area contributed by atoms with Gasteiger partial charge in [-0.05, 0) is 6.92 Å². The topological polar surface area (TPSA) is 46.6 Å². The van der Waals surface area contributed by atoms with Crippen molar-refractivity contribution in [3.63, 3.8) is 0 Å². The van der Waals surface area contributed by atoms with Gasteiger partial charge >= 0.3 is 12.1 Å². The number of hydrogen-bond donors (Lipinski definition) is 0. The molecule has 0 aromatic rings. The molecule has 0 unspecified atom stereocenters. The van der Waals surface area contributed by atoms with Crippen LogP contribution >= 0.6 is 11.6 Å². The molecule has 64 valence electrons. The number of halogens is 1. The van der Waals surface area contributed by atoms with Crippen molar-refractivity contribution < 1.29 is 14.3 Å². The van der Waals surface area contributed by atoms with Gasteiger partial charge in [0.1, 0.15) is 5.88 Å². The molecule has 4 nitrogen and oxygen atoms in total. The molecule has 0 fully saturated rings. The van der Waals surface area contributed by atoms with Gasteiger partial charge in [-0.1, -0.05) is 0 Å². The first-order valence-electron chi connectivity index (χ1n) is 3.13. The number of hydrogen-bond acceptors (Lipinski definition) is 3. The number of rotatable bonds is 2. The molecule has 0 rings (SSSR count). The summed E-state index contributed by atoms with van der Waals surface area (Å²) in [6, 6.07) is 0. The third kappa shape index (κ3) is 3.83. The van der Waals surface area contributed by atoms with E-state index in [0.717, 1.165) is 0 Å². The van der Waals surface area contributed by atoms with Crippen molar-refractivity contribution in [2.75, 3.05) is 19.5 Å². The van der Waals surface area contributed by atoms with Crippen molar-refractivity contribution in [3.05, 3.63) is 0 Å². The zero-order chi connectivity index (χ0) is 8.85. The molecule has 0 radical (unpaired) electrons. The maximum atomic E-state index is 10.8. The largest absolute Gasteiger partial charge is 0.417 e. The van der Waals surface area contributed by atoms with Crippen molar-refractivity contribution in [2.24, 2.45) is 0 Å². The minimum Gasteiger partial charge on any atom is -0.375 e. The summed E-state index contributed by atoms with van der Waals surface area (Å²) >= 11 is 5.10. The van der Waals surface area contributed by atoms with Gasteiger partial charge in [0.2, 0.25) is 0 Å². The smallest absolute Gasteiger partial charge is 0.375 e. The highest BCUT2D eigenvalue weighted by Gasteiger charge is 2.11. The van der Waals surface area contributed by atoms with Crippen LogP contribution < -0.4 is 0 Å². The molecule has 0 aliphatic heterocycles. The fourth-order valence-corrected chi connectivity index (χ4v) is 0.386. The molecule has 0 aromatic heterocycles. The van der Waals surface area contributed by atoms with Crippen LogP contribution in [0.5, 0.6) is 0 Å². The highest BCUT2D eigenvalue weighted by atomic mass is 35.5. The Morgan fingerprint density at radius 3 is 2.45 bits per heavy atom. The molecule has 0 bridgehead atoms. The van der Waals surface area contributed by atoms with Crippen molar-refractivity contribution in [2.45, 2.75) is 6.92 Å². The highest BCUT2D eigenvalue weighted by molar-refractivity contribution is 6.26. The first kappa shape index (κ1) is 10.2. The summed E-state index contributed by atoms with van der Waals surface area (Å²) in [6.07, 6.45) is -0.668. The summed E-state index contributed by atoms with van der Waals surface area (Å²) in [4.78, 5) is 22.5. The number of carbonyl (C=O) groups is 2. The van der Waals surface area contributed by atoms with Gasteiger partial charge in [-0.2, -0.15) is 0 Å². The second-order valence-electron chi connectivity index (χ2n) is 1.89. The third-order valence-corrected chi connectivity index (χ3v) is 1.31. The van der Waals surface area contributed by atoms with Crippen molar-refractivity contribution in [1.29, 1.82) is 0 Å². The second kappa shape index (κ2) is 4.96. The summed E-state index contributed by atoms with van der Waals surface area (Å²) in [6.45, 7) is 2.26. The van der Waals surface area contributed by atoms with Gasteiger partial charge in [0.05, 0.1) is 0 Å². The van der Waals surface area contributed by atoms with E-state index in [0.29, 0.717) is 6.54 Å². The average molecular weight is 180 g/mol. The number of amides is 1. The highest BCUT2D eigenvalue weighted by Crippen LogP contribution is 1.91. The predicted octanol–water partition coefficient (Wildman–Crippen LogP) is 0.840. The van der Waals surface area contributed by atoms with Crippen LogP contribution in [0.4, 0.5) is 4.79 Å². The Balaban J connectivity index is 3.77. The molecular formula is C6H10ClNO3. The third-order valence-electron chi connectivity index (χ3n) is 1.10. The summed E-state index contributed by atoms with van der Waals surface area (Å²) < 4.78 is 4.27. The molecule has 0 saturated heterocycles. The SMILES string of the molecule is CCN(C)C(=O)OC(=O)CCl. The summed E-state index contributed by atoms with van der Waals surface area (Å²) in [5.41, 5.74) is 0. The van der Waals surface area contributed by atoms with Crippen LogP contribution in [0.15, 0.2) is 0 Å². The number of nitrogens with zero attached hydrogens (tertiary/aromatic N) is 1. The normalized spacial score (nSPS) is 9.00. The molecule has 0 aromatic carbocycles. The molecule has 0 N–H and O–H groups in total. The Morgan fingerprint density at radius 1 is 1.55 bits per heavy atom. The van der Waals surface area contributed by atoms with Gasteiger partial charge in [0.15, 0.2) is 0 Å². The van der Waals surface area contributed by atoms with Crippen LogP contribution in [0, 0.1) is 0 Å². The van der Waals surface area contributed by atoms with E-state index in [1.807, 2.05) is 0 Å². The number of alkyl halides is 1. The molecule has 0 aliphatic rings. The molecule has 5 heteroatoms. The van der Waals surface area contributed by atoms with E-state index in [-0.39, 0.29) is 5.88 Å². The van der Waals surface area contributed by atoms with E-state index in [1.165, 1.54) is 11.9 Å². The lowest BCUT2D eigenvalue weighted by Gasteiger charge is -2.11. The molecular weight excluding hydrogens is 170 g/mol. The van der Waals surface area contributed by atoms with E-state index in [2.05, 4.69) is 4.74 Å². The van der Waals surface area contributed by atoms with Crippen LogP contribution in [0.3, 0.4) is 0 Å². The summed E-state index contributed by atoms with van der Waals surface area (Å²) in [5, 5.41) is 0. The van der Waals surface area contributed by atoms with E-state index < -0.39 is 12.1 Å². The van der Waals surface area contributed by atoms with E-state index in [9.17, 15) is 9.59 Å². The second-order valence-corrected chi connectivity index (χ2v) is 2.16. The van der Waals surface area contributed by atoms with Crippen LogP contribution in [-0.4, -0.2) is 36.4 Å². The fraction of sp³-hybridized carbons (Fsp3) is 0.667. The Hall–Kier alpha value is -0.770. The van der Waals surface area contributed by atoms with Crippen molar-refractivity contribution in [1.82, 2.24) is 4.90 Å². The minimum absolute atomic E-state index is 0.302. The molecule has 0 atom stereocenters. The minimum atomic E-state index is -0.725. The Kier molecular flexibility index (Phi) is 4.61. The van der Waals surface area contributed by atoms with Gasteiger partial charge < -0.3 is 9.64 Å². The first-order chi connectivity index (χ1) is 5.11. The molecule has 0 aliphatic carbocycles. The van der Waals surface area contributed by atoms with Crippen LogP contribution in [0.1, 0.15) is 6.92 Å². The van der Waals surface area contributed by atoms with Crippen LogP contribution in [0.25, 0.3) is 0 Å². The summed E-state index contributed by atoms with van der Waals surface area (Å²) in [5.74, 6) is -1.03. The van der Waals surface area contributed by atoms with Crippen LogP contribution in [0.2, 0.25) is 0 Å². The fourth-order valence-electron chi connectivity index (χ4n) is 0.332. The van der Waals surface area contributed by atoms with Crippen LogP contribution in [-0.2, 0) is 9.53 Å². The first-order valence-corrected chi connectivity index (χ1v) is 3.67. The lowest BCUT2D eigenvalue weighted by Crippen LogP contribution is -2.29. The Morgan fingerprint density at radius 2 is 2.09 bits per heavy atom. The van der Waals surface area contributed by atoms with Crippen molar-refractivity contribution in [3.8, 4) is 0 Å². The molecule has 1 amide bonds. The monoisotopic (exact) mass is 179 g/mol. The zero-order valence-electron chi connectivity index (χ0n) is 6.46. The number of ether oxygens (including phenoxy) is 1. The summed E-state index contributed by atoms with van der Waals surface area (Å²) in [7, 11) is 1.53. The van der Waals surface area contributed by atoms with E-state index >= 15 is 0 Å². The number of carbonyl (C=O) groups excluding carboxylic acids is 2. The average Bonchev–Trinajstić information content (AvgIpc) is 2.02.